The van der Waals surface area contributed by atoms with Crippen molar-refractivity contribution in [2.24, 2.45) is 0 Å². The van der Waals surface area contributed by atoms with Crippen LogP contribution in [0.5, 0.6) is 0 Å². The van der Waals surface area contributed by atoms with Crippen LogP contribution in [0, 0.1) is 6.92 Å². The lowest BCUT2D eigenvalue weighted by Gasteiger charge is -2.48. The maximum atomic E-state index is 12.9. The van der Waals surface area contributed by atoms with E-state index in [0.29, 0.717) is 11.2 Å². The zero-order valence-corrected chi connectivity index (χ0v) is 13.3. The number of rotatable bonds is 4. The minimum Gasteiger partial charge on any atom is -0.479 e. The van der Waals surface area contributed by atoms with Crippen LogP contribution >= 0.6 is 0 Å². The van der Waals surface area contributed by atoms with Crippen molar-refractivity contribution in [3.63, 3.8) is 0 Å². The third-order valence-corrected chi connectivity index (χ3v) is 4.66. The lowest BCUT2D eigenvalue weighted by atomic mass is 9.72. The average molecular weight is 317 g/mol. The molecule has 0 bridgehead atoms. The molecule has 23 heavy (non-hydrogen) atoms. The van der Waals surface area contributed by atoms with Gasteiger partial charge in [-0.15, -0.1) is 0 Å². The van der Waals surface area contributed by atoms with Gasteiger partial charge in [0.2, 0.25) is 0 Å². The molecule has 2 aromatic heterocycles. The van der Waals surface area contributed by atoms with Crippen molar-refractivity contribution in [2.45, 2.75) is 31.4 Å². The molecule has 3 rings (SSSR count). The van der Waals surface area contributed by atoms with Gasteiger partial charge in [-0.3, -0.25) is 4.79 Å². The fourth-order valence-electron chi connectivity index (χ4n) is 3.16. The molecule has 1 saturated carbocycles. The maximum absolute atomic E-state index is 12.9. The molecule has 0 unspecified atom stereocenters. The Labute approximate surface area is 133 Å². The number of carbonyl (C=O) groups is 2. The van der Waals surface area contributed by atoms with Crippen LogP contribution in [0.25, 0.3) is 5.65 Å². The summed E-state index contributed by atoms with van der Waals surface area (Å²) in [5.41, 5.74) is 0.611. The number of imidazole rings is 1. The molecule has 2 heterocycles. The molecule has 7 nitrogen and oxygen atoms in total. The van der Waals surface area contributed by atoms with E-state index in [1.807, 2.05) is 13.1 Å². The SMILES string of the molecule is COC1CC(C(=O)O)(N(C)C(=O)c2cc(C)cn3ccnc23)C1. The quantitative estimate of drug-likeness (QED) is 0.920. The van der Waals surface area contributed by atoms with Gasteiger partial charge in [0.05, 0.1) is 11.7 Å². The number of aromatic nitrogens is 2. The number of ether oxygens (including phenoxy) is 1. The van der Waals surface area contributed by atoms with E-state index >= 15 is 0 Å². The van der Waals surface area contributed by atoms with Gasteiger partial charge in [-0.1, -0.05) is 0 Å². The Bertz CT molecular complexity index is 777. The van der Waals surface area contributed by atoms with Crippen LogP contribution in [0.1, 0.15) is 28.8 Å². The highest BCUT2D eigenvalue weighted by molar-refractivity contribution is 6.02. The summed E-state index contributed by atoms with van der Waals surface area (Å²) in [7, 11) is 3.08. The van der Waals surface area contributed by atoms with E-state index < -0.39 is 11.5 Å². The third kappa shape index (κ3) is 2.28. The highest BCUT2D eigenvalue weighted by Gasteiger charge is 2.55. The number of fused-ring (bicyclic) bond motifs is 1. The summed E-state index contributed by atoms with van der Waals surface area (Å²) in [5, 5.41) is 9.62. The Morgan fingerprint density at radius 2 is 2.17 bits per heavy atom. The molecular weight excluding hydrogens is 298 g/mol. The number of hydrogen-bond donors (Lipinski definition) is 1. The number of amides is 1. The van der Waals surface area contributed by atoms with Gasteiger partial charge in [0.25, 0.3) is 5.91 Å². The molecular formula is C16H19N3O4. The van der Waals surface area contributed by atoms with Gasteiger partial charge in [0, 0.05) is 45.6 Å². The van der Waals surface area contributed by atoms with Crippen molar-refractivity contribution in [3.8, 4) is 0 Å². The van der Waals surface area contributed by atoms with E-state index in [1.165, 1.54) is 11.9 Å². The maximum Gasteiger partial charge on any atom is 0.329 e. The van der Waals surface area contributed by atoms with Crippen molar-refractivity contribution in [1.82, 2.24) is 14.3 Å². The molecule has 1 N–H and O–H groups in total. The van der Waals surface area contributed by atoms with Crippen LogP contribution in [0.3, 0.4) is 0 Å². The van der Waals surface area contributed by atoms with Crippen molar-refractivity contribution >= 4 is 17.5 Å². The molecule has 0 spiro atoms. The summed E-state index contributed by atoms with van der Waals surface area (Å²) < 4.78 is 6.95. The number of likely N-dealkylation sites (N-methyl/N-ethyl adjacent to an activating group) is 1. The normalized spacial score (nSPS) is 23.5. The van der Waals surface area contributed by atoms with E-state index in [1.54, 1.807) is 30.0 Å². The first kappa shape index (κ1) is 15.5. The summed E-state index contributed by atoms with van der Waals surface area (Å²) in [6.07, 6.45) is 5.69. The number of pyridine rings is 1. The van der Waals surface area contributed by atoms with Crippen LogP contribution in [0.2, 0.25) is 0 Å². The second-order valence-corrected chi connectivity index (χ2v) is 6.06. The predicted molar refractivity (Wildman–Crippen MR) is 82.4 cm³/mol. The highest BCUT2D eigenvalue weighted by atomic mass is 16.5. The molecule has 0 atom stereocenters. The van der Waals surface area contributed by atoms with E-state index in [4.69, 9.17) is 4.74 Å². The van der Waals surface area contributed by atoms with Crippen LogP contribution in [-0.2, 0) is 9.53 Å². The fraction of sp³-hybridized carbons (Fsp3) is 0.438. The molecule has 2 aromatic rings. The number of hydrogen-bond acceptors (Lipinski definition) is 4. The molecule has 1 fully saturated rings. The van der Waals surface area contributed by atoms with E-state index in [9.17, 15) is 14.7 Å². The lowest BCUT2D eigenvalue weighted by Crippen LogP contribution is -2.65. The van der Waals surface area contributed by atoms with Gasteiger partial charge >= 0.3 is 5.97 Å². The minimum atomic E-state index is -1.22. The topological polar surface area (TPSA) is 84.1 Å². The molecule has 0 aliphatic heterocycles. The van der Waals surface area contributed by atoms with Gasteiger partial charge < -0.3 is 19.1 Å². The van der Waals surface area contributed by atoms with E-state index in [-0.39, 0.29) is 24.9 Å². The van der Waals surface area contributed by atoms with Gasteiger partial charge in [-0.2, -0.15) is 0 Å². The van der Waals surface area contributed by atoms with E-state index in [0.717, 1.165) is 5.56 Å². The predicted octanol–water partition coefficient (Wildman–Crippen LogP) is 1.35. The second-order valence-electron chi connectivity index (χ2n) is 6.06. The van der Waals surface area contributed by atoms with Crippen LogP contribution in [0.15, 0.2) is 24.7 Å². The zero-order chi connectivity index (χ0) is 16.8. The number of carbonyl (C=O) groups excluding carboxylic acids is 1. The Hall–Kier alpha value is -2.41. The standard InChI is InChI=1S/C16H19N3O4/c1-10-6-12(13-17-4-5-19(13)9-10)14(20)18(2)16(15(21)22)7-11(8-16)23-3/h4-6,9,11H,7-8H2,1-3H3,(H,21,22). The smallest absolute Gasteiger partial charge is 0.329 e. The van der Waals surface area contributed by atoms with Crippen LogP contribution < -0.4 is 0 Å². The Balaban J connectivity index is 1.98. The highest BCUT2D eigenvalue weighted by Crippen LogP contribution is 2.40. The first-order chi connectivity index (χ1) is 10.9. The number of nitrogens with zero attached hydrogens (tertiary/aromatic N) is 3. The van der Waals surface area contributed by atoms with Gasteiger partial charge in [0.1, 0.15) is 11.2 Å². The summed E-state index contributed by atoms with van der Waals surface area (Å²) >= 11 is 0. The largest absolute Gasteiger partial charge is 0.479 e. The molecule has 1 aliphatic carbocycles. The number of aryl methyl sites for hydroxylation is 1. The fourth-order valence-corrected chi connectivity index (χ4v) is 3.16. The number of carboxylic acids is 1. The third-order valence-electron chi connectivity index (χ3n) is 4.66. The first-order valence-electron chi connectivity index (χ1n) is 7.37. The zero-order valence-electron chi connectivity index (χ0n) is 13.3. The lowest BCUT2D eigenvalue weighted by molar-refractivity contribution is -0.165. The summed E-state index contributed by atoms with van der Waals surface area (Å²) in [6, 6.07) is 1.74. The van der Waals surface area contributed by atoms with Crippen molar-refractivity contribution < 1.29 is 19.4 Å². The summed E-state index contributed by atoms with van der Waals surface area (Å²) in [6.45, 7) is 1.88. The molecule has 0 aromatic carbocycles. The van der Waals surface area contributed by atoms with Gasteiger partial charge in [-0.05, 0) is 18.6 Å². The number of carboxylic acid groups (broad SMARTS) is 1. The van der Waals surface area contributed by atoms with Crippen molar-refractivity contribution in [2.75, 3.05) is 14.2 Å². The molecule has 0 saturated heterocycles. The monoisotopic (exact) mass is 317 g/mol. The molecule has 1 amide bonds. The molecule has 122 valence electrons. The van der Waals surface area contributed by atoms with Crippen LogP contribution in [-0.4, -0.2) is 57.1 Å². The van der Waals surface area contributed by atoms with Gasteiger partial charge in [0.15, 0.2) is 0 Å². The summed E-state index contributed by atoms with van der Waals surface area (Å²) in [5.74, 6) is -1.35. The number of methoxy groups -OCH3 is 1. The molecule has 7 heteroatoms. The molecule has 1 aliphatic rings. The number of aliphatic carboxylic acids is 1. The Kier molecular flexibility index (Phi) is 3.60. The van der Waals surface area contributed by atoms with Crippen molar-refractivity contribution in [1.29, 1.82) is 0 Å². The Morgan fingerprint density at radius 3 is 2.78 bits per heavy atom. The first-order valence-corrected chi connectivity index (χ1v) is 7.37. The minimum absolute atomic E-state index is 0.134. The Morgan fingerprint density at radius 1 is 1.48 bits per heavy atom. The van der Waals surface area contributed by atoms with Gasteiger partial charge in [-0.25, -0.2) is 9.78 Å². The van der Waals surface area contributed by atoms with Crippen molar-refractivity contribution in [3.05, 3.63) is 35.8 Å². The molecule has 0 radical (unpaired) electrons. The second kappa shape index (κ2) is 5.34. The summed E-state index contributed by atoms with van der Waals surface area (Å²) in [4.78, 5) is 30.2. The van der Waals surface area contributed by atoms with Crippen LogP contribution in [0.4, 0.5) is 0 Å². The average Bonchev–Trinajstić information content (AvgIpc) is 2.92. The van der Waals surface area contributed by atoms with E-state index in [2.05, 4.69) is 4.98 Å².